The highest BCUT2D eigenvalue weighted by atomic mass is 32.2. The van der Waals surface area contributed by atoms with Crippen LogP contribution in [-0.4, -0.2) is 19.7 Å². The van der Waals surface area contributed by atoms with Crippen LogP contribution in [0.1, 0.15) is 62.3 Å². The summed E-state index contributed by atoms with van der Waals surface area (Å²) in [5.41, 5.74) is 2.53. The van der Waals surface area contributed by atoms with E-state index in [0.29, 0.717) is 11.5 Å². The van der Waals surface area contributed by atoms with Crippen molar-refractivity contribution in [2.45, 2.75) is 62.6 Å². The summed E-state index contributed by atoms with van der Waals surface area (Å²) in [7, 11) is -3.40. The molecule has 0 bridgehead atoms. The number of fused-ring (bicyclic) bond motifs is 1. The fourth-order valence-electron chi connectivity index (χ4n) is 4.67. The summed E-state index contributed by atoms with van der Waals surface area (Å²) in [5, 5.41) is 3.80. The van der Waals surface area contributed by atoms with Gasteiger partial charge in [-0.05, 0) is 47.7 Å². The maximum Gasteiger partial charge on any atom is 0.180 e. The van der Waals surface area contributed by atoms with Crippen LogP contribution in [0.25, 0.3) is 0 Å². The zero-order chi connectivity index (χ0) is 23.3. The standard InChI is InChI=1S/C28H33NO3S/c1-3-5-19-28(4-2)21-33(30,31)26-14-10-9-13-25(26)27(29-28)23-15-17-24(18-16-23)32-20-22-11-7-6-8-12-22/h6-18,27,29H,3-5,19-21H2,1-2H3/t27-,28+/m0/s1. The normalized spacial score (nSPS) is 21.7. The molecule has 0 spiro atoms. The van der Waals surface area contributed by atoms with E-state index in [-0.39, 0.29) is 11.8 Å². The van der Waals surface area contributed by atoms with Crippen LogP contribution in [-0.2, 0) is 16.4 Å². The van der Waals surface area contributed by atoms with Gasteiger partial charge in [0.25, 0.3) is 0 Å². The van der Waals surface area contributed by atoms with Crippen LogP contribution in [0.5, 0.6) is 5.75 Å². The first kappa shape index (κ1) is 23.5. The number of benzene rings is 3. The van der Waals surface area contributed by atoms with Gasteiger partial charge in [-0.1, -0.05) is 87.4 Å². The molecule has 0 aliphatic carbocycles. The number of unbranched alkanes of at least 4 members (excludes halogenated alkanes) is 1. The lowest BCUT2D eigenvalue weighted by Crippen LogP contribution is -2.50. The largest absolute Gasteiger partial charge is 0.489 e. The predicted octanol–water partition coefficient (Wildman–Crippen LogP) is 6.07. The van der Waals surface area contributed by atoms with E-state index in [9.17, 15) is 8.42 Å². The zero-order valence-electron chi connectivity index (χ0n) is 19.5. The predicted molar refractivity (Wildman–Crippen MR) is 133 cm³/mol. The number of hydrogen-bond donors (Lipinski definition) is 1. The van der Waals surface area contributed by atoms with E-state index in [4.69, 9.17) is 4.74 Å². The Morgan fingerprint density at radius 3 is 2.33 bits per heavy atom. The second kappa shape index (κ2) is 10.1. The first-order valence-electron chi connectivity index (χ1n) is 11.8. The molecule has 0 saturated heterocycles. The lowest BCUT2D eigenvalue weighted by molar-refractivity contribution is 0.294. The summed E-state index contributed by atoms with van der Waals surface area (Å²) in [6, 6.07) is 25.4. The van der Waals surface area contributed by atoms with E-state index in [0.717, 1.165) is 48.1 Å². The van der Waals surface area contributed by atoms with Crippen LogP contribution in [0.2, 0.25) is 0 Å². The molecule has 2 atom stereocenters. The third-order valence-electron chi connectivity index (χ3n) is 6.63. The Morgan fingerprint density at radius 2 is 1.64 bits per heavy atom. The van der Waals surface area contributed by atoms with Gasteiger partial charge in [-0.3, -0.25) is 5.32 Å². The SMILES string of the molecule is CCCC[C@]1(CC)CS(=O)(=O)c2ccccc2[C@H](c2ccc(OCc3ccccc3)cc2)N1. The summed E-state index contributed by atoms with van der Waals surface area (Å²) < 4.78 is 32.8. The molecule has 1 heterocycles. The molecule has 3 aromatic rings. The van der Waals surface area contributed by atoms with Crippen molar-refractivity contribution in [2.75, 3.05) is 5.75 Å². The second-order valence-electron chi connectivity index (χ2n) is 8.96. The fourth-order valence-corrected chi connectivity index (χ4v) is 6.82. The highest BCUT2D eigenvalue weighted by Crippen LogP contribution is 2.38. The Balaban J connectivity index is 1.66. The maximum atomic E-state index is 13.4. The summed E-state index contributed by atoms with van der Waals surface area (Å²) >= 11 is 0. The Bertz CT molecular complexity index is 1160. The van der Waals surface area contributed by atoms with Crippen molar-refractivity contribution in [1.29, 1.82) is 0 Å². The first-order chi connectivity index (χ1) is 16.0. The average Bonchev–Trinajstić information content (AvgIpc) is 2.95. The van der Waals surface area contributed by atoms with Gasteiger partial charge < -0.3 is 4.74 Å². The van der Waals surface area contributed by atoms with Gasteiger partial charge in [-0.25, -0.2) is 8.42 Å². The van der Waals surface area contributed by atoms with Gasteiger partial charge in [0, 0.05) is 5.54 Å². The van der Waals surface area contributed by atoms with Crippen molar-refractivity contribution in [1.82, 2.24) is 5.32 Å². The summed E-state index contributed by atoms with van der Waals surface area (Å²) in [6.07, 6.45) is 3.62. The number of ether oxygens (including phenoxy) is 1. The van der Waals surface area contributed by atoms with Crippen molar-refractivity contribution in [2.24, 2.45) is 0 Å². The number of sulfone groups is 1. The van der Waals surface area contributed by atoms with Gasteiger partial charge in [0.2, 0.25) is 0 Å². The van der Waals surface area contributed by atoms with Crippen molar-refractivity contribution in [3.8, 4) is 5.75 Å². The van der Waals surface area contributed by atoms with Crippen LogP contribution in [0.4, 0.5) is 0 Å². The Kier molecular flexibility index (Phi) is 7.20. The third-order valence-corrected chi connectivity index (χ3v) is 8.60. The minimum atomic E-state index is -3.40. The summed E-state index contributed by atoms with van der Waals surface area (Å²) in [5.74, 6) is 0.923. The number of nitrogens with one attached hydrogen (secondary N) is 1. The van der Waals surface area contributed by atoms with Crippen LogP contribution >= 0.6 is 0 Å². The van der Waals surface area contributed by atoms with E-state index in [1.165, 1.54) is 0 Å². The maximum absolute atomic E-state index is 13.4. The molecular formula is C28H33NO3S. The van der Waals surface area contributed by atoms with E-state index in [1.54, 1.807) is 6.07 Å². The molecule has 0 fully saturated rings. The molecule has 1 aliphatic heterocycles. The molecular weight excluding hydrogens is 430 g/mol. The van der Waals surface area contributed by atoms with Crippen LogP contribution in [0, 0.1) is 0 Å². The smallest absolute Gasteiger partial charge is 0.180 e. The van der Waals surface area contributed by atoms with Crippen molar-refractivity contribution in [3.63, 3.8) is 0 Å². The number of hydrogen-bond acceptors (Lipinski definition) is 4. The van der Waals surface area contributed by atoms with Gasteiger partial charge in [0.15, 0.2) is 9.84 Å². The average molecular weight is 464 g/mol. The summed E-state index contributed by atoms with van der Waals surface area (Å²) in [4.78, 5) is 0.443. The molecule has 0 aromatic heterocycles. The fraction of sp³-hybridized carbons (Fsp3) is 0.357. The van der Waals surface area contributed by atoms with E-state index < -0.39 is 15.4 Å². The van der Waals surface area contributed by atoms with Gasteiger partial charge in [-0.15, -0.1) is 0 Å². The van der Waals surface area contributed by atoms with Crippen molar-refractivity contribution in [3.05, 3.63) is 95.6 Å². The van der Waals surface area contributed by atoms with E-state index >= 15 is 0 Å². The molecule has 1 N–H and O–H groups in total. The quantitative estimate of drug-likeness (QED) is 0.440. The minimum Gasteiger partial charge on any atom is -0.489 e. The lowest BCUT2D eigenvalue weighted by atomic mass is 9.88. The Morgan fingerprint density at radius 1 is 0.939 bits per heavy atom. The Hall–Kier alpha value is -2.63. The van der Waals surface area contributed by atoms with Gasteiger partial charge in [0.1, 0.15) is 12.4 Å². The first-order valence-corrected chi connectivity index (χ1v) is 13.5. The van der Waals surface area contributed by atoms with Gasteiger partial charge in [0.05, 0.1) is 16.7 Å². The summed E-state index contributed by atoms with van der Waals surface area (Å²) in [6.45, 7) is 4.75. The second-order valence-corrected chi connectivity index (χ2v) is 10.9. The monoisotopic (exact) mass is 463 g/mol. The molecule has 0 radical (unpaired) electrons. The molecule has 174 valence electrons. The molecule has 1 aliphatic rings. The highest BCUT2D eigenvalue weighted by Gasteiger charge is 2.41. The molecule has 5 heteroatoms. The minimum absolute atomic E-state index is 0.127. The molecule has 33 heavy (non-hydrogen) atoms. The van der Waals surface area contributed by atoms with Gasteiger partial charge >= 0.3 is 0 Å². The van der Waals surface area contributed by atoms with Crippen LogP contribution in [0.3, 0.4) is 0 Å². The van der Waals surface area contributed by atoms with Crippen LogP contribution in [0.15, 0.2) is 83.8 Å². The van der Waals surface area contributed by atoms with Crippen molar-refractivity contribution < 1.29 is 13.2 Å². The van der Waals surface area contributed by atoms with E-state index in [2.05, 4.69) is 19.2 Å². The molecule has 4 rings (SSSR count). The van der Waals surface area contributed by atoms with Crippen LogP contribution < -0.4 is 10.1 Å². The zero-order valence-corrected chi connectivity index (χ0v) is 20.3. The van der Waals surface area contributed by atoms with E-state index in [1.807, 2.05) is 72.8 Å². The topological polar surface area (TPSA) is 55.4 Å². The van der Waals surface area contributed by atoms with Crippen molar-refractivity contribution >= 4 is 9.84 Å². The number of rotatable bonds is 8. The van der Waals surface area contributed by atoms with Gasteiger partial charge in [-0.2, -0.15) is 0 Å². The molecule has 0 unspecified atom stereocenters. The molecule has 3 aromatic carbocycles. The lowest BCUT2D eigenvalue weighted by Gasteiger charge is -2.36. The molecule has 0 saturated carbocycles. The molecule has 0 amide bonds. The highest BCUT2D eigenvalue weighted by molar-refractivity contribution is 7.91. The Labute approximate surface area is 197 Å². The molecule has 4 nitrogen and oxygen atoms in total. The third kappa shape index (κ3) is 5.31.